The number of likely N-dealkylation sites (tertiary alicyclic amines) is 2. The molecule has 5 nitrogen and oxygen atoms in total. The second-order valence-corrected chi connectivity index (χ2v) is 6.32. The summed E-state index contributed by atoms with van der Waals surface area (Å²) in [7, 11) is 3.28. The second kappa shape index (κ2) is 8.71. The van der Waals surface area contributed by atoms with Crippen LogP contribution in [0.25, 0.3) is 0 Å². The Morgan fingerprint density at radius 2 is 1.86 bits per heavy atom. The minimum atomic E-state index is -0.171. The van der Waals surface area contributed by atoms with E-state index in [1.165, 1.54) is 65.4 Å². The molecule has 1 atom stereocenters. The van der Waals surface area contributed by atoms with Crippen LogP contribution in [-0.2, 0) is 9.53 Å². The van der Waals surface area contributed by atoms with Crippen molar-refractivity contribution in [2.45, 2.75) is 50.6 Å². The smallest absolute Gasteiger partial charge is 0.322 e. The molecule has 21 heavy (non-hydrogen) atoms. The van der Waals surface area contributed by atoms with Gasteiger partial charge in [-0.05, 0) is 65.3 Å². The Labute approximate surface area is 129 Å². The molecule has 0 bridgehead atoms. The third-order valence-corrected chi connectivity index (χ3v) is 5.03. The lowest BCUT2D eigenvalue weighted by Crippen LogP contribution is -2.47. The van der Waals surface area contributed by atoms with Gasteiger partial charge in [-0.2, -0.15) is 0 Å². The third kappa shape index (κ3) is 4.94. The summed E-state index contributed by atoms with van der Waals surface area (Å²) in [5.41, 5.74) is 0. The molecule has 2 rings (SSSR count). The Morgan fingerprint density at radius 1 is 1.19 bits per heavy atom. The van der Waals surface area contributed by atoms with E-state index in [2.05, 4.69) is 15.1 Å². The molecular weight excluding hydrogens is 266 g/mol. The monoisotopic (exact) mass is 297 g/mol. The van der Waals surface area contributed by atoms with Gasteiger partial charge in [-0.1, -0.05) is 6.42 Å². The largest absolute Gasteiger partial charge is 0.468 e. The van der Waals surface area contributed by atoms with Gasteiger partial charge in [-0.15, -0.1) is 0 Å². The summed E-state index contributed by atoms with van der Waals surface area (Å²) in [6.45, 7) is 5.91. The average molecular weight is 297 g/mol. The number of carbonyl (C=O) groups excluding carboxylic acids is 1. The van der Waals surface area contributed by atoms with Crippen molar-refractivity contribution in [2.24, 2.45) is 0 Å². The zero-order valence-electron chi connectivity index (χ0n) is 13.6. The van der Waals surface area contributed by atoms with E-state index in [4.69, 9.17) is 4.74 Å². The standard InChI is InChI=1S/C16H31N3O2/c1-17-15(16(20)21-2)8-13-18-11-6-14(7-12-18)19-9-4-3-5-10-19/h14-15,17H,3-13H2,1-2H3. The number of nitrogens with zero attached hydrogens (tertiary/aromatic N) is 2. The van der Waals surface area contributed by atoms with Crippen molar-refractivity contribution in [1.29, 1.82) is 0 Å². The molecule has 2 saturated heterocycles. The number of piperidine rings is 2. The van der Waals surface area contributed by atoms with Crippen LogP contribution in [-0.4, -0.2) is 74.7 Å². The number of hydrogen-bond donors (Lipinski definition) is 1. The molecule has 2 heterocycles. The molecule has 2 aliphatic heterocycles. The molecule has 0 aromatic rings. The molecule has 5 heteroatoms. The summed E-state index contributed by atoms with van der Waals surface area (Å²) < 4.78 is 4.81. The van der Waals surface area contributed by atoms with E-state index in [-0.39, 0.29) is 12.0 Å². The van der Waals surface area contributed by atoms with Crippen molar-refractivity contribution in [3.63, 3.8) is 0 Å². The Morgan fingerprint density at radius 3 is 2.43 bits per heavy atom. The van der Waals surface area contributed by atoms with Gasteiger partial charge in [-0.25, -0.2) is 0 Å². The normalized spacial score (nSPS) is 23.9. The van der Waals surface area contributed by atoms with E-state index >= 15 is 0 Å². The van der Waals surface area contributed by atoms with Crippen molar-refractivity contribution in [3.05, 3.63) is 0 Å². The summed E-state index contributed by atoms with van der Waals surface area (Å²) in [5, 5.41) is 3.04. The van der Waals surface area contributed by atoms with Crippen molar-refractivity contribution in [2.75, 3.05) is 46.9 Å². The zero-order chi connectivity index (χ0) is 15.1. The molecule has 0 aromatic heterocycles. The van der Waals surface area contributed by atoms with Gasteiger partial charge in [0.25, 0.3) is 0 Å². The molecule has 0 aromatic carbocycles. The number of carbonyl (C=O) groups is 1. The number of methoxy groups -OCH3 is 1. The molecule has 0 aliphatic carbocycles. The van der Waals surface area contributed by atoms with Crippen LogP contribution in [0.3, 0.4) is 0 Å². The molecular formula is C16H31N3O2. The van der Waals surface area contributed by atoms with Crippen LogP contribution in [0.1, 0.15) is 38.5 Å². The van der Waals surface area contributed by atoms with Crippen LogP contribution < -0.4 is 5.32 Å². The van der Waals surface area contributed by atoms with E-state index in [0.717, 1.165) is 19.0 Å². The first-order valence-corrected chi connectivity index (χ1v) is 8.46. The minimum absolute atomic E-state index is 0.152. The highest BCUT2D eigenvalue weighted by atomic mass is 16.5. The minimum Gasteiger partial charge on any atom is -0.468 e. The number of rotatable bonds is 6. The van der Waals surface area contributed by atoms with E-state index in [1.54, 1.807) is 0 Å². The maximum absolute atomic E-state index is 11.6. The Balaban J connectivity index is 1.67. The van der Waals surface area contributed by atoms with Crippen LogP contribution in [0, 0.1) is 0 Å². The highest BCUT2D eigenvalue weighted by molar-refractivity contribution is 5.75. The lowest BCUT2D eigenvalue weighted by Gasteiger charge is -2.40. The van der Waals surface area contributed by atoms with Crippen LogP contribution in [0.2, 0.25) is 0 Å². The first kappa shape index (κ1) is 16.7. The molecule has 0 radical (unpaired) electrons. The quantitative estimate of drug-likeness (QED) is 0.744. The van der Waals surface area contributed by atoms with Crippen LogP contribution in [0.5, 0.6) is 0 Å². The SMILES string of the molecule is CNC(CCN1CCC(N2CCCCC2)CC1)C(=O)OC. The highest BCUT2D eigenvalue weighted by Crippen LogP contribution is 2.21. The van der Waals surface area contributed by atoms with Crippen molar-refractivity contribution in [3.8, 4) is 0 Å². The molecule has 0 spiro atoms. The van der Waals surface area contributed by atoms with Gasteiger partial charge in [0.15, 0.2) is 0 Å². The number of likely N-dealkylation sites (N-methyl/N-ethyl adjacent to an activating group) is 1. The second-order valence-electron chi connectivity index (χ2n) is 6.32. The van der Waals surface area contributed by atoms with Crippen LogP contribution >= 0.6 is 0 Å². The van der Waals surface area contributed by atoms with Gasteiger partial charge < -0.3 is 19.9 Å². The highest BCUT2D eigenvalue weighted by Gasteiger charge is 2.26. The fraction of sp³-hybridized carbons (Fsp3) is 0.938. The predicted octanol–water partition coefficient (Wildman–Crippen LogP) is 1.09. The first-order valence-electron chi connectivity index (χ1n) is 8.46. The molecule has 0 saturated carbocycles. The summed E-state index contributed by atoms with van der Waals surface area (Å²) in [5.74, 6) is -0.152. The van der Waals surface area contributed by atoms with E-state index < -0.39 is 0 Å². The lowest BCUT2D eigenvalue weighted by atomic mass is 9.99. The summed E-state index contributed by atoms with van der Waals surface area (Å²) in [4.78, 5) is 16.8. The molecule has 2 fully saturated rings. The van der Waals surface area contributed by atoms with Gasteiger partial charge in [0.1, 0.15) is 6.04 Å². The molecule has 2 aliphatic rings. The molecule has 0 amide bonds. The maximum atomic E-state index is 11.6. The fourth-order valence-corrected chi connectivity index (χ4v) is 3.63. The summed E-state index contributed by atoms with van der Waals surface area (Å²) in [6.07, 6.45) is 7.56. The number of ether oxygens (including phenoxy) is 1. The average Bonchev–Trinajstić information content (AvgIpc) is 2.56. The van der Waals surface area contributed by atoms with Gasteiger partial charge >= 0.3 is 5.97 Å². The predicted molar refractivity (Wildman–Crippen MR) is 84.4 cm³/mol. The van der Waals surface area contributed by atoms with E-state index in [0.29, 0.717) is 0 Å². The summed E-state index contributed by atoms with van der Waals surface area (Å²) in [6, 6.07) is 0.622. The van der Waals surface area contributed by atoms with E-state index in [9.17, 15) is 4.79 Å². The van der Waals surface area contributed by atoms with Crippen LogP contribution in [0.4, 0.5) is 0 Å². The number of esters is 1. The lowest BCUT2D eigenvalue weighted by molar-refractivity contribution is -0.143. The Hall–Kier alpha value is -0.650. The molecule has 122 valence electrons. The van der Waals surface area contributed by atoms with Gasteiger partial charge in [-0.3, -0.25) is 4.79 Å². The number of hydrogen-bond acceptors (Lipinski definition) is 5. The fourth-order valence-electron chi connectivity index (χ4n) is 3.63. The zero-order valence-corrected chi connectivity index (χ0v) is 13.6. The topological polar surface area (TPSA) is 44.8 Å². The van der Waals surface area contributed by atoms with E-state index in [1.807, 2.05) is 7.05 Å². The molecule has 1 N–H and O–H groups in total. The van der Waals surface area contributed by atoms with Crippen molar-refractivity contribution in [1.82, 2.24) is 15.1 Å². The third-order valence-electron chi connectivity index (χ3n) is 5.03. The Kier molecular flexibility index (Phi) is 6.93. The van der Waals surface area contributed by atoms with Crippen molar-refractivity contribution < 1.29 is 9.53 Å². The van der Waals surface area contributed by atoms with Gasteiger partial charge in [0.05, 0.1) is 7.11 Å². The van der Waals surface area contributed by atoms with Gasteiger partial charge in [0.2, 0.25) is 0 Å². The maximum Gasteiger partial charge on any atom is 0.322 e. The van der Waals surface area contributed by atoms with Crippen LogP contribution in [0.15, 0.2) is 0 Å². The molecule has 1 unspecified atom stereocenters. The van der Waals surface area contributed by atoms with Gasteiger partial charge in [0, 0.05) is 12.6 Å². The summed E-state index contributed by atoms with van der Waals surface area (Å²) >= 11 is 0. The Bertz CT molecular complexity index is 311. The number of nitrogens with one attached hydrogen (secondary N) is 1. The van der Waals surface area contributed by atoms with Crippen molar-refractivity contribution >= 4 is 5.97 Å². The first-order chi connectivity index (χ1) is 10.2.